The van der Waals surface area contributed by atoms with Crippen molar-refractivity contribution in [3.63, 3.8) is 0 Å². The van der Waals surface area contributed by atoms with Gasteiger partial charge in [0.1, 0.15) is 0 Å². The quantitative estimate of drug-likeness (QED) is 0.561. The van der Waals surface area contributed by atoms with Gasteiger partial charge in [0.15, 0.2) is 16.8 Å². The molecule has 1 N–H and O–H groups in total. The van der Waals surface area contributed by atoms with Crippen LogP contribution >= 0.6 is 23.4 Å². The molecule has 0 saturated carbocycles. The number of aromatic nitrogens is 5. The molecule has 0 radical (unpaired) electrons. The van der Waals surface area contributed by atoms with E-state index in [0.29, 0.717) is 40.8 Å². The lowest BCUT2D eigenvalue weighted by atomic mass is 9.88. The molecule has 4 rings (SSSR count). The third-order valence-electron chi connectivity index (χ3n) is 4.96. The average Bonchev–Trinajstić information content (AvgIpc) is 3.15. The topological polar surface area (TPSA) is 103 Å². The Morgan fingerprint density at radius 2 is 2.03 bits per heavy atom. The first-order chi connectivity index (χ1) is 14.9. The van der Waals surface area contributed by atoms with Crippen LogP contribution in [0.15, 0.2) is 35.6 Å². The van der Waals surface area contributed by atoms with Crippen LogP contribution in [0.25, 0.3) is 11.4 Å². The van der Waals surface area contributed by atoms with E-state index in [9.17, 15) is 9.59 Å². The molecule has 2 aromatic heterocycles. The lowest BCUT2D eigenvalue weighted by molar-refractivity contribution is -0.113. The van der Waals surface area contributed by atoms with Crippen LogP contribution in [0.2, 0.25) is 5.02 Å². The highest BCUT2D eigenvalue weighted by molar-refractivity contribution is 7.99. The second-order valence-electron chi connectivity index (χ2n) is 7.38. The van der Waals surface area contributed by atoms with Crippen LogP contribution in [-0.4, -0.2) is 42.2 Å². The van der Waals surface area contributed by atoms with E-state index < -0.39 is 0 Å². The van der Waals surface area contributed by atoms with Gasteiger partial charge in [-0.05, 0) is 43.5 Å². The standard InChI is InChI=1S/C21H21ClN6O2S/c1-3-28-19(13-4-6-14(22)7-5-13)26-27-21(28)31-11-18(30)25-20-23-10-15-16(24-20)8-12(2)9-17(15)29/h4-7,10,12H,3,8-9,11H2,1-2H3,(H,23,24,25,30). The van der Waals surface area contributed by atoms with Crippen LogP contribution < -0.4 is 5.32 Å². The van der Waals surface area contributed by atoms with E-state index in [-0.39, 0.29) is 29.3 Å². The minimum atomic E-state index is -0.251. The third kappa shape index (κ3) is 4.77. The Hall–Kier alpha value is -2.78. The van der Waals surface area contributed by atoms with E-state index in [0.717, 1.165) is 11.4 Å². The number of halogens is 1. The van der Waals surface area contributed by atoms with E-state index in [1.165, 1.54) is 18.0 Å². The summed E-state index contributed by atoms with van der Waals surface area (Å²) in [6, 6.07) is 7.38. The Morgan fingerprint density at radius 1 is 1.26 bits per heavy atom. The molecule has 3 aromatic rings. The number of ketones is 1. The fraction of sp³-hybridized carbons (Fsp3) is 0.333. The van der Waals surface area contributed by atoms with Crippen LogP contribution in [0.4, 0.5) is 5.95 Å². The second-order valence-corrected chi connectivity index (χ2v) is 8.76. The van der Waals surface area contributed by atoms with Crippen molar-refractivity contribution in [3.8, 4) is 11.4 Å². The van der Waals surface area contributed by atoms with Crippen molar-refractivity contribution >= 4 is 41.0 Å². The molecule has 0 aliphatic heterocycles. The van der Waals surface area contributed by atoms with Crippen LogP contribution in [0, 0.1) is 5.92 Å². The molecule has 2 heterocycles. The van der Waals surface area contributed by atoms with Gasteiger partial charge in [-0.15, -0.1) is 10.2 Å². The fourth-order valence-corrected chi connectivity index (χ4v) is 4.41. The Bertz CT molecular complexity index is 1130. The molecule has 0 saturated heterocycles. The van der Waals surface area contributed by atoms with Crippen LogP contribution in [0.5, 0.6) is 0 Å². The predicted octanol–water partition coefficient (Wildman–Crippen LogP) is 3.90. The minimum Gasteiger partial charge on any atom is -0.302 e. The van der Waals surface area contributed by atoms with E-state index in [2.05, 4.69) is 25.5 Å². The first-order valence-electron chi connectivity index (χ1n) is 9.95. The first kappa shape index (κ1) is 21.5. The van der Waals surface area contributed by atoms with Crippen LogP contribution in [-0.2, 0) is 17.8 Å². The highest BCUT2D eigenvalue weighted by atomic mass is 35.5. The van der Waals surface area contributed by atoms with Gasteiger partial charge >= 0.3 is 0 Å². The minimum absolute atomic E-state index is 0.0533. The zero-order valence-corrected chi connectivity index (χ0v) is 18.7. The molecule has 0 spiro atoms. The molecule has 1 unspecified atom stereocenters. The monoisotopic (exact) mass is 456 g/mol. The number of carbonyl (C=O) groups excluding carboxylic acids is 2. The molecular formula is C21H21ClN6O2S. The zero-order valence-electron chi connectivity index (χ0n) is 17.1. The van der Waals surface area contributed by atoms with Gasteiger partial charge in [-0.3, -0.25) is 14.9 Å². The molecule has 1 aliphatic rings. The summed E-state index contributed by atoms with van der Waals surface area (Å²) in [5.41, 5.74) is 2.15. The molecule has 31 heavy (non-hydrogen) atoms. The van der Waals surface area contributed by atoms with E-state index in [4.69, 9.17) is 11.6 Å². The average molecular weight is 457 g/mol. The third-order valence-corrected chi connectivity index (χ3v) is 6.18. The van der Waals surface area contributed by atoms with Crippen molar-refractivity contribution in [2.75, 3.05) is 11.1 Å². The lowest BCUT2D eigenvalue weighted by Gasteiger charge is -2.19. The molecule has 0 fully saturated rings. The number of hydrogen-bond acceptors (Lipinski definition) is 7. The van der Waals surface area contributed by atoms with E-state index in [1.807, 2.05) is 30.5 Å². The number of carbonyl (C=O) groups is 2. The number of anilines is 1. The maximum Gasteiger partial charge on any atom is 0.237 e. The summed E-state index contributed by atoms with van der Waals surface area (Å²) in [7, 11) is 0. The van der Waals surface area contributed by atoms with Gasteiger partial charge in [0.05, 0.1) is 17.0 Å². The largest absolute Gasteiger partial charge is 0.302 e. The Labute approximate surface area is 188 Å². The Morgan fingerprint density at radius 3 is 2.77 bits per heavy atom. The normalized spacial score (nSPS) is 15.6. The van der Waals surface area contributed by atoms with Crippen molar-refractivity contribution in [2.24, 2.45) is 5.92 Å². The SMILES string of the molecule is CCn1c(SCC(=O)Nc2ncc3c(n2)CC(C)CC3=O)nnc1-c1ccc(Cl)cc1. The number of fused-ring (bicyclic) bond motifs is 1. The molecule has 0 bridgehead atoms. The number of hydrogen-bond donors (Lipinski definition) is 1. The smallest absolute Gasteiger partial charge is 0.237 e. The van der Waals surface area contributed by atoms with Crippen molar-refractivity contribution < 1.29 is 9.59 Å². The predicted molar refractivity (Wildman–Crippen MR) is 119 cm³/mol. The Kier molecular flexibility index (Phi) is 6.33. The summed E-state index contributed by atoms with van der Waals surface area (Å²) in [6.45, 7) is 4.67. The van der Waals surface area contributed by atoms with Crippen LogP contribution in [0.1, 0.15) is 36.3 Å². The van der Waals surface area contributed by atoms with E-state index in [1.54, 1.807) is 12.1 Å². The molecule has 160 valence electrons. The summed E-state index contributed by atoms with van der Waals surface area (Å²) in [6.07, 6.45) is 2.72. The number of rotatable bonds is 6. The van der Waals surface area contributed by atoms with Gasteiger partial charge in [0.2, 0.25) is 11.9 Å². The first-order valence-corrected chi connectivity index (χ1v) is 11.3. The maximum atomic E-state index is 12.4. The number of nitrogens with one attached hydrogen (secondary N) is 1. The van der Waals surface area contributed by atoms with Crippen molar-refractivity contribution in [3.05, 3.63) is 46.7 Å². The lowest BCUT2D eigenvalue weighted by Crippen LogP contribution is -2.22. The second kappa shape index (κ2) is 9.15. The van der Waals surface area contributed by atoms with Crippen LogP contribution in [0.3, 0.4) is 0 Å². The van der Waals surface area contributed by atoms with Gasteiger partial charge in [0.25, 0.3) is 0 Å². The summed E-state index contributed by atoms with van der Waals surface area (Å²) in [4.78, 5) is 33.0. The molecule has 1 atom stereocenters. The maximum absolute atomic E-state index is 12.4. The summed E-state index contributed by atoms with van der Waals surface area (Å²) < 4.78 is 1.95. The molecular weight excluding hydrogens is 436 g/mol. The molecule has 8 nitrogen and oxygen atoms in total. The summed E-state index contributed by atoms with van der Waals surface area (Å²) in [5, 5.41) is 12.5. The number of Topliss-reactive ketones (excluding diaryl/α,β-unsaturated/α-hetero) is 1. The number of benzene rings is 1. The van der Waals surface area contributed by atoms with Crippen molar-refractivity contribution in [2.45, 2.75) is 38.4 Å². The Balaban J connectivity index is 1.42. The van der Waals surface area contributed by atoms with E-state index >= 15 is 0 Å². The summed E-state index contributed by atoms with van der Waals surface area (Å²) >= 11 is 7.25. The van der Waals surface area contributed by atoms with Gasteiger partial charge in [-0.2, -0.15) is 0 Å². The molecule has 10 heteroatoms. The van der Waals surface area contributed by atoms with Gasteiger partial charge < -0.3 is 4.57 Å². The zero-order chi connectivity index (χ0) is 22.0. The highest BCUT2D eigenvalue weighted by Crippen LogP contribution is 2.26. The number of amides is 1. The molecule has 1 aromatic carbocycles. The fourth-order valence-electron chi connectivity index (χ4n) is 3.48. The van der Waals surface area contributed by atoms with Gasteiger partial charge in [-0.1, -0.05) is 30.3 Å². The van der Waals surface area contributed by atoms with Crippen molar-refractivity contribution in [1.82, 2.24) is 24.7 Å². The number of thioether (sulfide) groups is 1. The summed E-state index contributed by atoms with van der Waals surface area (Å²) in [5.74, 6) is 1.11. The molecule has 1 aliphatic carbocycles. The number of nitrogens with zero attached hydrogens (tertiary/aromatic N) is 5. The molecule has 1 amide bonds. The highest BCUT2D eigenvalue weighted by Gasteiger charge is 2.24. The van der Waals surface area contributed by atoms with Gasteiger partial charge in [-0.25, -0.2) is 9.97 Å². The van der Waals surface area contributed by atoms with Crippen molar-refractivity contribution in [1.29, 1.82) is 0 Å². The van der Waals surface area contributed by atoms with Gasteiger partial charge in [0, 0.05) is 29.7 Å².